The highest BCUT2D eigenvalue weighted by Gasteiger charge is 2.17. The molecule has 2 heterocycles. The molecule has 0 saturated carbocycles. The molecule has 2 aromatic heterocycles. The summed E-state index contributed by atoms with van der Waals surface area (Å²) in [5, 5.41) is 9.97. The van der Waals surface area contributed by atoms with Gasteiger partial charge in [-0.1, -0.05) is 0 Å². The lowest BCUT2D eigenvalue weighted by Crippen LogP contribution is -2.27. The number of pyridine rings is 1. The first kappa shape index (κ1) is 9.83. The third kappa shape index (κ3) is 1.30. The summed E-state index contributed by atoms with van der Waals surface area (Å²) < 4.78 is 0. The van der Waals surface area contributed by atoms with E-state index in [1.165, 1.54) is 0 Å². The van der Waals surface area contributed by atoms with Crippen LogP contribution in [-0.4, -0.2) is 19.9 Å². The minimum atomic E-state index is -1.05. The van der Waals surface area contributed by atoms with Crippen LogP contribution in [-0.2, 0) is 0 Å². The largest absolute Gasteiger partial charge is 0.341 e. The summed E-state index contributed by atoms with van der Waals surface area (Å²) in [6.45, 7) is 0. The highest BCUT2D eigenvalue weighted by molar-refractivity contribution is 5.74. The van der Waals surface area contributed by atoms with E-state index >= 15 is 0 Å². The van der Waals surface area contributed by atoms with Crippen molar-refractivity contribution in [2.45, 2.75) is 0 Å². The van der Waals surface area contributed by atoms with Crippen molar-refractivity contribution in [2.24, 2.45) is 0 Å². The van der Waals surface area contributed by atoms with Crippen LogP contribution in [0.1, 0.15) is 0 Å². The van der Waals surface area contributed by atoms with Gasteiger partial charge in [0.25, 0.3) is 11.0 Å². The molecule has 0 radical (unpaired) electrons. The van der Waals surface area contributed by atoms with Crippen LogP contribution in [0.5, 0.6) is 0 Å². The Morgan fingerprint density at radius 1 is 1.19 bits per heavy atom. The molecule has 0 spiro atoms. The number of H-pyrrole nitrogens is 3. The lowest BCUT2D eigenvalue weighted by Gasteiger charge is -1.95. The summed E-state index contributed by atoms with van der Waals surface area (Å²) >= 11 is 0. The molecule has 16 heavy (non-hydrogen) atoms. The van der Waals surface area contributed by atoms with Crippen LogP contribution < -0.4 is 16.7 Å². The van der Waals surface area contributed by atoms with Crippen molar-refractivity contribution in [1.29, 1.82) is 0 Å². The smallest absolute Gasteiger partial charge is 0.333 e. The summed E-state index contributed by atoms with van der Waals surface area (Å²) in [5.41, 5.74) is -3.73. The molecule has 9 heteroatoms. The third-order valence-corrected chi connectivity index (χ3v) is 1.95. The molecule has 0 bridgehead atoms. The van der Waals surface area contributed by atoms with Gasteiger partial charge in [0.1, 0.15) is 11.0 Å². The second kappa shape index (κ2) is 3.15. The molecule has 2 rings (SSSR count). The maximum absolute atomic E-state index is 11.5. The molecule has 2 aromatic rings. The average Bonchev–Trinajstić information content (AvgIpc) is 2.15. The fourth-order valence-electron chi connectivity index (χ4n) is 1.28. The van der Waals surface area contributed by atoms with Crippen LogP contribution in [0.15, 0.2) is 20.6 Å². The van der Waals surface area contributed by atoms with Crippen LogP contribution in [0.4, 0.5) is 5.69 Å². The van der Waals surface area contributed by atoms with Gasteiger partial charge in [-0.05, 0) is 0 Å². The van der Waals surface area contributed by atoms with Crippen molar-refractivity contribution in [1.82, 2.24) is 15.0 Å². The van der Waals surface area contributed by atoms with Gasteiger partial charge in [0.15, 0.2) is 0 Å². The molecule has 0 aliphatic carbocycles. The number of aromatic nitrogens is 3. The highest BCUT2D eigenvalue weighted by Crippen LogP contribution is 2.04. The normalized spacial score (nSPS) is 10.5. The predicted molar refractivity (Wildman–Crippen MR) is 52.5 cm³/mol. The van der Waals surface area contributed by atoms with Crippen LogP contribution >= 0.6 is 0 Å². The Hall–Kier alpha value is -2.71. The van der Waals surface area contributed by atoms with Crippen molar-refractivity contribution in [2.75, 3.05) is 0 Å². The van der Waals surface area contributed by atoms with E-state index in [-0.39, 0.29) is 5.65 Å². The fraction of sp³-hybridized carbons (Fsp3) is 0. The maximum atomic E-state index is 11.5. The van der Waals surface area contributed by atoms with Gasteiger partial charge in [0.2, 0.25) is 0 Å². The second-order valence-electron chi connectivity index (χ2n) is 2.92. The number of nitrogens with one attached hydrogen (secondary N) is 3. The third-order valence-electron chi connectivity index (χ3n) is 1.95. The molecule has 0 aromatic carbocycles. The highest BCUT2D eigenvalue weighted by atomic mass is 16.6. The number of nitrogens with zero attached hydrogens (tertiary/aromatic N) is 1. The summed E-state index contributed by atoms with van der Waals surface area (Å²) in [5.74, 6) is 0. The van der Waals surface area contributed by atoms with Gasteiger partial charge in [-0.2, -0.15) is 0 Å². The molecule has 0 unspecified atom stereocenters. The summed E-state index contributed by atoms with van der Waals surface area (Å²) in [4.78, 5) is 49.4. The Balaban J connectivity index is 3.07. The van der Waals surface area contributed by atoms with E-state index in [1.807, 2.05) is 4.98 Å². The standard InChI is InChI=1S/C7H4N4O5/c12-4-2(11(15)16)1-8-5-3(4)6(13)10-7(14)9-5/h1H,(H3,8,9,10,12,13,14). The first-order valence-electron chi connectivity index (χ1n) is 4.03. The Kier molecular flexibility index (Phi) is 1.94. The van der Waals surface area contributed by atoms with E-state index in [2.05, 4.69) is 9.97 Å². The molecule has 3 N–H and O–H groups in total. The van der Waals surface area contributed by atoms with E-state index in [0.717, 1.165) is 6.20 Å². The van der Waals surface area contributed by atoms with Gasteiger partial charge in [-0.3, -0.25) is 29.7 Å². The van der Waals surface area contributed by atoms with Crippen molar-refractivity contribution >= 4 is 16.7 Å². The minimum absolute atomic E-state index is 0.149. The lowest BCUT2D eigenvalue weighted by atomic mass is 10.3. The molecular weight excluding hydrogens is 220 g/mol. The molecule has 9 nitrogen and oxygen atoms in total. The van der Waals surface area contributed by atoms with Crippen molar-refractivity contribution in [3.8, 4) is 0 Å². The number of nitro groups is 1. The van der Waals surface area contributed by atoms with E-state index in [9.17, 15) is 24.5 Å². The summed E-state index contributed by atoms with van der Waals surface area (Å²) in [6.07, 6.45) is 0.819. The van der Waals surface area contributed by atoms with Gasteiger partial charge in [0, 0.05) is 0 Å². The van der Waals surface area contributed by atoms with Gasteiger partial charge < -0.3 is 4.98 Å². The molecule has 0 atom stereocenters. The van der Waals surface area contributed by atoms with E-state index in [4.69, 9.17) is 0 Å². The van der Waals surface area contributed by atoms with E-state index < -0.39 is 32.7 Å². The monoisotopic (exact) mass is 224 g/mol. The van der Waals surface area contributed by atoms with Crippen LogP contribution in [0, 0.1) is 10.1 Å². The average molecular weight is 224 g/mol. The zero-order valence-electron chi connectivity index (χ0n) is 7.57. The number of rotatable bonds is 1. The lowest BCUT2D eigenvalue weighted by molar-refractivity contribution is -0.386. The van der Waals surface area contributed by atoms with E-state index in [0.29, 0.717) is 0 Å². The first-order chi connectivity index (χ1) is 7.50. The molecule has 0 amide bonds. The summed E-state index contributed by atoms with van der Waals surface area (Å²) in [7, 11) is 0. The van der Waals surface area contributed by atoms with Gasteiger partial charge in [0.05, 0.1) is 11.1 Å². The molecule has 82 valence electrons. The first-order valence-corrected chi connectivity index (χ1v) is 4.03. The van der Waals surface area contributed by atoms with Crippen molar-refractivity contribution in [3.05, 3.63) is 47.4 Å². The predicted octanol–water partition coefficient (Wildman–Crippen LogP) is -1.19. The van der Waals surface area contributed by atoms with Crippen LogP contribution in [0.25, 0.3) is 11.0 Å². The Labute approximate surface area is 84.9 Å². The SMILES string of the molecule is O=c1[nH]c(=O)c2c(=O)c([N+](=O)[O-])c[nH]c2[nH]1. The topological polar surface area (TPSA) is 142 Å². The van der Waals surface area contributed by atoms with Crippen molar-refractivity contribution in [3.63, 3.8) is 0 Å². The summed E-state index contributed by atoms with van der Waals surface area (Å²) in [6, 6.07) is 0. The maximum Gasteiger partial charge on any atom is 0.333 e. The number of fused-ring (bicyclic) bond motifs is 1. The van der Waals surface area contributed by atoms with Gasteiger partial charge >= 0.3 is 11.4 Å². The zero-order chi connectivity index (χ0) is 11.9. The number of hydrogen-bond acceptors (Lipinski definition) is 5. The van der Waals surface area contributed by atoms with Crippen LogP contribution in [0.2, 0.25) is 0 Å². The molecule has 0 fully saturated rings. The molecule has 0 aliphatic rings. The Morgan fingerprint density at radius 3 is 2.50 bits per heavy atom. The van der Waals surface area contributed by atoms with Gasteiger partial charge in [-0.25, -0.2) is 4.79 Å². The minimum Gasteiger partial charge on any atom is -0.341 e. The Bertz CT molecular complexity index is 752. The van der Waals surface area contributed by atoms with E-state index in [1.54, 1.807) is 0 Å². The quantitative estimate of drug-likeness (QED) is 0.412. The molecule has 0 aliphatic heterocycles. The molecular formula is C7H4N4O5. The number of hydrogen-bond donors (Lipinski definition) is 3. The van der Waals surface area contributed by atoms with Crippen molar-refractivity contribution < 1.29 is 4.92 Å². The molecule has 0 saturated heterocycles. The Morgan fingerprint density at radius 2 is 1.88 bits per heavy atom. The second-order valence-corrected chi connectivity index (χ2v) is 2.92. The van der Waals surface area contributed by atoms with Crippen LogP contribution in [0.3, 0.4) is 0 Å². The zero-order valence-corrected chi connectivity index (χ0v) is 7.57. The number of aromatic amines is 3. The van der Waals surface area contributed by atoms with Gasteiger partial charge in [-0.15, -0.1) is 0 Å². The fourth-order valence-corrected chi connectivity index (χ4v) is 1.28.